The maximum absolute atomic E-state index is 11.4. The number of rotatable bonds is 5. The molecule has 8 heteroatoms. The van der Waals surface area contributed by atoms with Gasteiger partial charge in [-0.25, -0.2) is 13.6 Å². The van der Waals surface area contributed by atoms with E-state index in [2.05, 4.69) is 15.5 Å². The first-order valence-electron chi connectivity index (χ1n) is 5.85. The number of nitrogens with one attached hydrogen (secondary N) is 2. The highest BCUT2D eigenvalue weighted by atomic mass is 32.2. The number of hydrogen-bond acceptors (Lipinski definition) is 5. The highest BCUT2D eigenvalue weighted by Crippen LogP contribution is 2.27. The minimum absolute atomic E-state index is 0.0321. The van der Waals surface area contributed by atoms with E-state index in [1.54, 1.807) is 12.3 Å². The van der Waals surface area contributed by atoms with Crippen molar-refractivity contribution < 1.29 is 13.2 Å². The number of aryl methyl sites for hydroxylation is 1. The van der Waals surface area contributed by atoms with E-state index >= 15 is 0 Å². The van der Waals surface area contributed by atoms with Crippen LogP contribution in [-0.4, -0.2) is 25.7 Å². The van der Waals surface area contributed by atoms with Gasteiger partial charge in [-0.15, -0.1) is 0 Å². The Morgan fingerprint density at radius 1 is 1.45 bits per heavy atom. The molecule has 0 radical (unpaired) electrons. The molecular formula is C12H16N4O3S. The van der Waals surface area contributed by atoms with Gasteiger partial charge < -0.3 is 10.1 Å². The number of nitrogens with two attached hydrogens (primary N) is 1. The van der Waals surface area contributed by atoms with Gasteiger partial charge in [0.25, 0.3) is 0 Å². The van der Waals surface area contributed by atoms with Crippen LogP contribution in [-0.2, 0) is 16.6 Å². The molecule has 1 heterocycles. The molecule has 0 saturated heterocycles. The van der Waals surface area contributed by atoms with E-state index in [-0.39, 0.29) is 4.90 Å². The summed E-state index contributed by atoms with van der Waals surface area (Å²) in [5, 5.41) is 15.0. The van der Waals surface area contributed by atoms with Crippen LogP contribution in [0.5, 0.6) is 5.75 Å². The molecule has 0 bridgehead atoms. The standard InChI is InChI=1S/C12H16N4O3S/c1-8-9(7-15-16-8)6-14-11-5-10(20(13,17)18)3-4-12(11)19-2/h3-5,7,14H,6H2,1-2H3,(H,15,16)(H2,13,17,18). The van der Waals surface area contributed by atoms with Crippen LogP contribution in [0.15, 0.2) is 29.3 Å². The average Bonchev–Trinajstić information content (AvgIpc) is 2.80. The Bertz CT molecular complexity index is 709. The lowest BCUT2D eigenvalue weighted by molar-refractivity contribution is 0.416. The van der Waals surface area contributed by atoms with Gasteiger partial charge in [0, 0.05) is 17.8 Å². The number of aromatic nitrogens is 2. The van der Waals surface area contributed by atoms with Gasteiger partial charge in [0.05, 0.1) is 23.9 Å². The molecule has 0 aliphatic heterocycles. The monoisotopic (exact) mass is 296 g/mol. The van der Waals surface area contributed by atoms with E-state index in [0.717, 1.165) is 11.3 Å². The van der Waals surface area contributed by atoms with Gasteiger partial charge in [-0.3, -0.25) is 5.10 Å². The Morgan fingerprint density at radius 2 is 2.20 bits per heavy atom. The van der Waals surface area contributed by atoms with Gasteiger partial charge in [-0.1, -0.05) is 0 Å². The SMILES string of the molecule is COc1ccc(S(N)(=O)=O)cc1NCc1cn[nH]c1C. The number of hydrogen-bond donors (Lipinski definition) is 3. The van der Waals surface area contributed by atoms with Crippen LogP contribution in [0.3, 0.4) is 0 Å². The number of nitrogens with zero attached hydrogens (tertiary/aromatic N) is 1. The fourth-order valence-electron chi connectivity index (χ4n) is 1.75. The van der Waals surface area contributed by atoms with Crippen molar-refractivity contribution in [2.75, 3.05) is 12.4 Å². The third-order valence-corrected chi connectivity index (χ3v) is 3.81. The van der Waals surface area contributed by atoms with Crippen molar-refractivity contribution in [1.82, 2.24) is 10.2 Å². The normalized spacial score (nSPS) is 11.3. The van der Waals surface area contributed by atoms with Crippen molar-refractivity contribution >= 4 is 15.7 Å². The van der Waals surface area contributed by atoms with Gasteiger partial charge in [0.15, 0.2) is 0 Å². The highest BCUT2D eigenvalue weighted by Gasteiger charge is 2.12. The van der Waals surface area contributed by atoms with Crippen LogP contribution < -0.4 is 15.2 Å². The van der Waals surface area contributed by atoms with E-state index in [9.17, 15) is 8.42 Å². The zero-order chi connectivity index (χ0) is 14.8. The van der Waals surface area contributed by atoms with E-state index in [1.807, 2.05) is 6.92 Å². The van der Waals surface area contributed by atoms with Crippen LogP contribution in [0, 0.1) is 6.92 Å². The first-order chi connectivity index (χ1) is 9.41. The van der Waals surface area contributed by atoms with Gasteiger partial charge >= 0.3 is 0 Å². The van der Waals surface area contributed by atoms with Crippen LogP contribution in [0.25, 0.3) is 0 Å². The number of ether oxygens (including phenoxy) is 1. The van der Waals surface area contributed by atoms with Crippen LogP contribution in [0.1, 0.15) is 11.3 Å². The summed E-state index contributed by atoms with van der Waals surface area (Å²) in [7, 11) is -2.23. The molecule has 1 aromatic carbocycles. The number of methoxy groups -OCH3 is 1. The molecule has 0 amide bonds. The smallest absolute Gasteiger partial charge is 0.238 e. The Labute approximate surface area is 117 Å². The zero-order valence-electron chi connectivity index (χ0n) is 11.2. The van der Waals surface area contributed by atoms with E-state index in [0.29, 0.717) is 18.0 Å². The molecule has 0 fully saturated rings. The minimum atomic E-state index is -3.74. The molecule has 2 rings (SSSR count). The third kappa shape index (κ3) is 3.09. The third-order valence-electron chi connectivity index (χ3n) is 2.90. The van der Waals surface area contributed by atoms with Gasteiger partial charge in [0.2, 0.25) is 10.0 Å². The van der Waals surface area contributed by atoms with Crippen LogP contribution in [0.4, 0.5) is 5.69 Å². The molecule has 0 saturated carbocycles. The Hall–Kier alpha value is -2.06. The second kappa shape index (κ2) is 5.51. The lowest BCUT2D eigenvalue weighted by atomic mass is 10.2. The first-order valence-corrected chi connectivity index (χ1v) is 7.40. The molecule has 0 unspecified atom stereocenters. The summed E-state index contributed by atoms with van der Waals surface area (Å²) >= 11 is 0. The topological polar surface area (TPSA) is 110 Å². The molecule has 4 N–H and O–H groups in total. The lowest BCUT2D eigenvalue weighted by Crippen LogP contribution is -2.13. The van der Waals surface area contributed by atoms with E-state index < -0.39 is 10.0 Å². The largest absolute Gasteiger partial charge is 0.495 e. The lowest BCUT2D eigenvalue weighted by Gasteiger charge is -2.12. The van der Waals surface area contributed by atoms with Crippen LogP contribution in [0.2, 0.25) is 0 Å². The molecule has 20 heavy (non-hydrogen) atoms. The minimum Gasteiger partial charge on any atom is -0.495 e. The van der Waals surface area contributed by atoms with Crippen LogP contribution >= 0.6 is 0 Å². The molecule has 0 aliphatic carbocycles. The predicted molar refractivity (Wildman–Crippen MR) is 75.0 cm³/mol. The predicted octanol–water partition coefficient (Wildman–Crippen LogP) is 0.986. The number of sulfonamides is 1. The van der Waals surface area contributed by atoms with Crippen molar-refractivity contribution in [1.29, 1.82) is 0 Å². The van der Waals surface area contributed by atoms with Crippen molar-refractivity contribution in [3.63, 3.8) is 0 Å². The summed E-state index contributed by atoms with van der Waals surface area (Å²) < 4.78 is 27.9. The number of primary sulfonamides is 1. The summed E-state index contributed by atoms with van der Waals surface area (Å²) in [6, 6.07) is 4.41. The molecule has 0 atom stereocenters. The maximum atomic E-state index is 11.4. The Kier molecular flexibility index (Phi) is 3.96. The molecule has 108 valence electrons. The number of aromatic amines is 1. The second-order valence-corrected chi connectivity index (χ2v) is 5.84. The maximum Gasteiger partial charge on any atom is 0.238 e. The zero-order valence-corrected chi connectivity index (χ0v) is 12.0. The van der Waals surface area contributed by atoms with Crippen molar-refractivity contribution in [2.45, 2.75) is 18.4 Å². The number of anilines is 1. The average molecular weight is 296 g/mol. The van der Waals surface area contributed by atoms with Gasteiger partial charge in [0.1, 0.15) is 5.75 Å². The fourth-order valence-corrected chi connectivity index (χ4v) is 2.29. The molecule has 7 nitrogen and oxygen atoms in total. The highest BCUT2D eigenvalue weighted by molar-refractivity contribution is 7.89. The quantitative estimate of drug-likeness (QED) is 0.762. The first kappa shape index (κ1) is 14.4. The summed E-state index contributed by atoms with van der Waals surface area (Å²) in [6.07, 6.45) is 1.71. The molecule has 1 aromatic heterocycles. The van der Waals surface area contributed by atoms with E-state index in [1.165, 1.54) is 19.2 Å². The molecule has 0 spiro atoms. The van der Waals surface area contributed by atoms with Crippen molar-refractivity contribution in [3.05, 3.63) is 35.7 Å². The van der Waals surface area contributed by atoms with E-state index in [4.69, 9.17) is 9.88 Å². The van der Waals surface area contributed by atoms with Gasteiger partial charge in [-0.05, 0) is 25.1 Å². The second-order valence-electron chi connectivity index (χ2n) is 4.28. The summed E-state index contributed by atoms with van der Waals surface area (Å²) in [5.74, 6) is 0.540. The summed E-state index contributed by atoms with van der Waals surface area (Å²) in [4.78, 5) is 0.0321. The Morgan fingerprint density at radius 3 is 2.75 bits per heavy atom. The van der Waals surface area contributed by atoms with Gasteiger partial charge in [-0.2, -0.15) is 5.10 Å². The van der Waals surface area contributed by atoms with Crippen molar-refractivity contribution in [2.24, 2.45) is 5.14 Å². The molecular weight excluding hydrogens is 280 g/mol. The number of benzene rings is 1. The molecule has 2 aromatic rings. The summed E-state index contributed by atoms with van der Waals surface area (Å²) in [6.45, 7) is 2.40. The number of H-pyrrole nitrogens is 1. The summed E-state index contributed by atoms with van der Waals surface area (Å²) in [5.41, 5.74) is 2.48. The van der Waals surface area contributed by atoms with Crippen molar-refractivity contribution in [3.8, 4) is 5.75 Å². The fraction of sp³-hybridized carbons (Fsp3) is 0.250. The Balaban J connectivity index is 2.27. The molecule has 0 aliphatic rings.